The molecule has 1 amide bonds. The van der Waals surface area contributed by atoms with E-state index in [2.05, 4.69) is 4.98 Å². The molecule has 0 spiro atoms. The van der Waals surface area contributed by atoms with Gasteiger partial charge in [0.05, 0.1) is 18.6 Å². The number of hydrogen-bond donors (Lipinski definition) is 1. The molecule has 0 radical (unpaired) electrons. The van der Waals surface area contributed by atoms with E-state index in [1.165, 1.54) is 0 Å². The highest BCUT2D eigenvalue weighted by Crippen LogP contribution is 2.15. The Morgan fingerprint density at radius 2 is 2.31 bits per heavy atom. The Labute approximate surface area is 94.7 Å². The molecule has 88 valence electrons. The molecule has 1 aromatic rings. The summed E-state index contributed by atoms with van der Waals surface area (Å²) >= 11 is 0. The smallest absolute Gasteiger partial charge is 0.225 e. The van der Waals surface area contributed by atoms with Gasteiger partial charge in [0.1, 0.15) is 5.82 Å². The van der Waals surface area contributed by atoms with Crippen molar-refractivity contribution >= 4 is 5.91 Å². The van der Waals surface area contributed by atoms with Crippen LogP contribution in [-0.4, -0.2) is 37.6 Å². The first-order valence-electron chi connectivity index (χ1n) is 5.46. The average molecular weight is 223 g/mol. The van der Waals surface area contributed by atoms with Gasteiger partial charge in [0.2, 0.25) is 5.91 Å². The third kappa shape index (κ3) is 2.41. The minimum absolute atomic E-state index is 0.0123. The van der Waals surface area contributed by atoms with Crippen LogP contribution in [0.4, 0.5) is 0 Å². The molecule has 1 aromatic heterocycles. The Bertz CT molecular complexity index is 392. The van der Waals surface area contributed by atoms with E-state index in [0.717, 1.165) is 12.4 Å². The molecule has 2 rings (SSSR count). The first kappa shape index (κ1) is 11.1. The molecule has 0 aliphatic carbocycles. The molecular weight excluding hydrogens is 206 g/mol. The highest BCUT2D eigenvalue weighted by atomic mass is 16.3. The highest BCUT2D eigenvalue weighted by Gasteiger charge is 2.25. The molecule has 0 atom stereocenters. The predicted octanol–water partition coefficient (Wildman–Crippen LogP) is 0.386. The second-order valence-electron chi connectivity index (χ2n) is 4.84. The number of fused-ring (bicyclic) bond motifs is 1. The second-order valence-corrected chi connectivity index (χ2v) is 4.84. The van der Waals surface area contributed by atoms with E-state index in [9.17, 15) is 9.90 Å². The van der Waals surface area contributed by atoms with Crippen molar-refractivity contribution in [2.45, 2.75) is 39.0 Å². The molecule has 0 bridgehead atoms. The summed E-state index contributed by atoms with van der Waals surface area (Å²) < 4.78 is 2.05. The third-order valence-electron chi connectivity index (χ3n) is 2.68. The zero-order valence-electron chi connectivity index (χ0n) is 9.68. The van der Waals surface area contributed by atoms with Gasteiger partial charge < -0.3 is 14.6 Å². The maximum Gasteiger partial charge on any atom is 0.225 e. The van der Waals surface area contributed by atoms with Gasteiger partial charge in [-0.3, -0.25) is 4.79 Å². The zero-order valence-corrected chi connectivity index (χ0v) is 9.68. The Morgan fingerprint density at radius 1 is 1.56 bits per heavy atom. The van der Waals surface area contributed by atoms with Crippen LogP contribution in [0, 0.1) is 0 Å². The Balaban J connectivity index is 2.01. The van der Waals surface area contributed by atoms with Gasteiger partial charge >= 0.3 is 0 Å². The second kappa shape index (κ2) is 3.90. The topological polar surface area (TPSA) is 58.4 Å². The van der Waals surface area contributed by atoms with Crippen molar-refractivity contribution in [2.24, 2.45) is 0 Å². The van der Waals surface area contributed by atoms with Crippen LogP contribution in [0.3, 0.4) is 0 Å². The number of imidazole rings is 1. The van der Waals surface area contributed by atoms with Crippen LogP contribution in [0.1, 0.15) is 26.1 Å². The molecule has 5 nitrogen and oxygen atoms in total. The van der Waals surface area contributed by atoms with E-state index in [4.69, 9.17) is 0 Å². The first-order valence-corrected chi connectivity index (χ1v) is 5.46. The van der Waals surface area contributed by atoms with Crippen molar-refractivity contribution in [1.29, 1.82) is 0 Å². The van der Waals surface area contributed by atoms with Gasteiger partial charge in [0.25, 0.3) is 0 Å². The Kier molecular flexibility index (Phi) is 2.71. The van der Waals surface area contributed by atoms with E-state index < -0.39 is 5.60 Å². The van der Waals surface area contributed by atoms with Gasteiger partial charge in [-0.05, 0) is 13.8 Å². The lowest BCUT2D eigenvalue weighted by Gasteiger charge is -2.29. The number of carbonyl (C=O) groups is 1. The van der Waals surface area contributed by atoms with Crippen LogP contribution >= 0.6 is 0 Å². The lowest BCUT2D eigenvalue weighted by Crippen LogP contribution is -2.41. The lowest BCUT2D eigenvalue weighted by molar-refractivity contribution is -0.136. The van der Waals surface area contributed by atoms with E-state index >= 15 is 0 Å². The van der Waals surface area contributed by atoms with Crippen molar-refractivity contribution < 1.29 is 9.90 Å². The largest absolute Gasteiger partial charge is 0.390 e. The molecule has 5 heteroatoms. The summed E-state index contributed by atoms with van der Waals surface area (Å²) in [6.45, 7) is 5.32. The fourth-order valence-corrected chi connectivity index (χ4v) is 1.87. The number of aliphatic hydroxyl groups is 1. The van der Waals surface area contributed by atoms with Crippen LogP contribution in [0.25, 0.3) is 0 Å². The van der Waals surface area contributed by atoms with Gasteiger partial charge in [0.15, 0.2) is 0 Å². The van der Waals surface area contributed by atoms with Gasteiger partial charge in [-0.15, -0.1) is 0 Å². The fourth-order valence-electron chi connectivity index (χ4n) is 1.87. The molecule has 1 N–H and O–H groups in total. The quantitative estimate of drug-likeness (QED) is 0.789. The van der Waals surface area contributed by atoms with E-state index in [1.807, 2.05) is 10.8 Å². The van der Waals surface area contributed by atoms with Crippen LogP contribution < -0.4 is 0 Å². The van der Waals surface area contributed by atoms with Crippen molar-refractivity contribution in [3.8, 4) is 0 Å². The number of hydrogen-bond acceptors (Lipinski definition) is 3. The molecule has 0 fully saturated rings. The van der Waals surface area contributed by atoms with Gasteiger partial charge in [-0.1, -0.05) is 0 Å². The number of nitrogens with zero attached hydrogens (tertiary/aromatic N) is 3. The third-order valence-corrected chi connectivity index (χ3v) is 2.68. The van der Waals surface area contributed by atoms with Gasteiger partial charge in [-0.2, -0.15) is 0 Å². The lowest BCUT2D eigenvalue weighted by atomic mass is 10.0. The molecule has 0 saturated heterocycles. The van der Waals surface area contributed by atoms with Crippen molar-refractivity contribution in [3.05, 3.63) is 18.2 Å². The first-order chi connectivity index (χ1) is 7.46. The number of carbonyl (C=O) groups excluding carboxylic acids is 1. The maximum atomic E-state index is 11.9. The van der Waals surface area contributed by atoms with Crippen molar-refractivity contribution in [3.63, 3.8) is 0 Å². The number of aromatic nitrogens is 2. The summed E-state index contributed by atoms with van der Waals surface area (Å²) in [6, 6.07) is 0. The fraction of sp³-hybridized carbons (Fsp3) is 0.636. The van der Waals surface area contributed by atoms with E-state index in [-0.39, 0.29) is 12.3 Å². The minimum atomic E-state index is -0.941. The zero-order chi connectivity index (χ0) is 11.8. The monoisotopic (exact) mass is 223 g/mol. The van der Waals surface area contributed by atoms with Crippen LogP contribution in [-0.2, 0) is 17.9 Å². The molecule has 16 heavy (non-hydrogen) atoms. The Hall–Kier alpha value is -1.36. The number of rotatable bonds is 2. The van der Waals surface area contributed by atoms with Crippen LogP contribution in [0.5, 0.6) is 0 Å². The summed E-state index contributed by atoms with van der Waals surface area (Å²) in [5.74, 6) is 0.900. The van der Waals surface area contributed by atoms with Crippen LogP contribution in [0.2, 0.25) is 0 Å². The molecule has 2 heterocycles. The summed E-state index contributed by atoms with van der Waals surface area (Å²) in [7, 11) is 0. The maximum absolute atomic E-state index is 11.9. The van der Waals surface area contributed by atoms with Crippen molar-refractivity contribution in [2.75, 3.05) is 6.54 Å². The minimum Gasteiger partial charge on any atom is -0.390 e. The summed E-state index contributed by atoms with van der Waals surface area (Å²) in [4.78, 5) is 17.8. The molecule has 1 aliphatic rings. The molecular formula is C11H17N3O2. The highest BCUT2D eigenvalue weighted by molar-refractivity contribution is 5.77. The standard InChI is InChI=1S/C11H17N3O2/c1-11(2,16)7-10(15)14-6-5-13-4-3-12-9(13)8-14/h3-4,16H,5-8H2,1-2H3. The average Bonchev–Trinajstić information content (AvgIpc) is 2.61. The molecule has 1 aliphatic heterocycles. The van der Waals surface area contributed by atoms with Gasteiger partial charge in [0, 0.05) is 25.5 Å². The van der Waals surface area contributed by atoms with Crippen molar-refractivity contribution in [1.82, 2.24) is 14.5 Å². The van der Waals surface area contributed by atoms with Crippen LogP contribution in [0.15, 0.2) is 12.4 Å². The Morgan fingerprint density at radius 3 is 3.00 bits per heavy atom. The summed E-state index contributed by atoms with van der Waals surface area (Å²) in [5.41, 5.74) is -0.941. The van der Waals surface area contributed by atoms with E-state index in [1.54, 1.807) is 24.9 Å². The summed E-state index contributed by atoms with van der Waals surface area (Å²) in [6.07, 6.45) is 3.83. The summed E-state index contributed by atoms with van der Waals surface area (Å²) in [5, 5.41) is 9.61. The predicted molar refractivity (Wildman–Crippen MR) is 58.6 cm³/mol. The SMILES string of the molecule is CC(C)(O)CC(=O)N1CCn2ccnc2C1. The molecule has 0 saturated carbocycles. The normalized spacial score (nSPS) is 16.1. The van der Waals surface area contributed by atoms with Gasteiger partial charge in [-0.25, -0.2) is 4.98 Å². The molecule has 0 aromatic carbocycles. The van der Waals surface area contributed by atoms with E-state index in [0.29, 0.717) is 13.1 Å². The number of amides is 1. The molecule has 0 unspecified atom stereocenters.